The van der Waals surface area contributed by atoms with E-state index in [1.165, 1.54) is 6.33 Å². The number of hydrogen-bond donors (Lipinski definition) is 0. The maximum Gasteiger partial charge on any atom is 0.230 e. The lowest BCUT2D eigenvalue weighted by molar-refractivity contribution is 0.468. The molecule has 2 aromatic carbocycles. The van der Waals surface area contributed by atoms with Crippen LogP contribution in [0.2, 0.25) is 0 Å². The zero-order valence-corrected chi connectivity index (χ0v) is 11.6. The molecular formula is C17H12N4O. The smallest absolute Gasteiger partial charge is 0.230 e. The van der Waals surface area contributed by atoms with Crippen LogP contribution in [0, 0.1) is 0 Å². The molecular weight excluding hydrogens is 276 g/mol. The lowest BCUT2D eigenvalue weighted by Crippen LogP contribution is -1.93. The Kier molecular flexibility index (Phi) is 3.01. The van der Waals surface area contributed by atoms with Crippen molar-refractivity contribution in [2.24, 2.45) is 0 Å². The third-order valence-corrected chi connectivity index (χ3v) is 3.36. The lowest BCUT2D eigenvalue weighted by atomic mass is 10.2. The minimum Gasteiger partial charge on any atom is -0.438 e. The second-order valence-electron chi connectivity index (χ2n) is 4.76. The summed E-state index contributed by atoms with van der Waals surface area (Å²) in [5.74, 6) is 1.29. The number of nitrogens with zero attached hydrogens (tertiary/aromatic N) is 4. The molecule has 0 bridgehead atoms. The first-order chi connectivity index (χ1) is 10.9. The summed E-state index contributed by atoms with van der Waals surface area (Å²) >= 11 is 0. The van der Waals surface area contributed by atoms with Crippen LogP contribution in [0.15, 0.2) is 73.6 Å². The fourth-order valence-electron chi connectivity index (χ4n) is 2.27. The van der Waals surface area contributed by atoms with Gasteiger partial charge >= 0.3 is 0 Å². The maximum atomic E-state index is 5.89. The van der Waals surface area contributed by atoms with Gasteiger partial charge in [-0.1, -0.05) is 12.1 Å². The number of imidazole rings is 1. The van der Waals surface area contributed by atoms with Gasteiger partial charge in [0.1, 0.15) is 12.1 Å². The molecule has 0 atom stereocenters. The molecule has 22 heavy (non-hydrogen) atoms. The first kappa shape index (κ1) is 12.5. The third-order valence-electron chi connectivity index (χ3n) is 3.36. The van der Waals surface area contributed by atoms with E-state index in [0.29, 0.717) is 5.88 Å². The van der Waals surface area contributed by atoms with E-state index in [0.717, 1.165) is 22.3 Å². The van der Waals surface area contributed by atoms with Crippen molar-refractivity contribution in [1.29, 1.82) is 0 Å². The topological polar surface area (TPSA) is 52.8 Å². The normalized spacial score (nSPS) is 10.7. The van der Waals surface area contributed by atoms with Crippen LogP contribution < -0.4 is 4.74 Å². The second-order valence-corrected chi connectivity index (χ2v) is 4.76. The molecule has 2 heterocycles. The molecule has 2 aromatic heterocycles. The molecule has 4 aromatic rings. The van der Waals surface area contributed by atoms with Crippen LogP contribution >= 0.6 is 0 Å². The Morgan fingerprint density at radius 2 is 1.77 bits per heavy atom. The summed E-state index contributed by atoms with van der Waals surface area (Å²) in [7, 11) is 0. The SMILES string of the molecule is c1ccc2c(Oc3ccc(-n4ccnc4)cc3)ncnc2c1. The van der Waals surface area contributed by atoms with Gasteiger partial charge < -0.3 is 9.30 Å². The van der Waals surface area contributed by atoms with Crippen molar-refractivity contribution in [3.63, 3.8) is 0 Å². The largest absolute Gasteiger partial charge is 0.438 e. The highest BCUT2D eigenvalue weighted by molar-refractivity contribution is 5.83. The highest BCUT2D eigenvalue weighted by Crippen LogP contribution is 2.26. The standard InChI is InChI=1S/C17H12N4O/c1-2-4-16-15(3-1)17(20-11-19-16)22-14-7-5-13(6-8-14)21-10-9-18-12-21/h1-12H. The summed E-state index contributed by atoms with van der Waals surface area (Å²) in [5.41, 5.74) is 1.89. The quantitative estimate of drug-likeness (QED) is 0.578. The Hall–Kier alpha value is -3.21. The highest BCUT2D eigenvalue weighted by atomic mass is 16.5. The van der Waals surface area contributed by atoms with Gasteiger partial charge in [0.05, 0.1) is 17.2 Å². The number of rotatable bonds is 3. The van der Waals surface area contributed by atoms with E-state index in [1.807, 2.05) is 59.3 Å². The van der Waals surface area contributed by atoms with Crippen LogP contribution in [-0.4, -0.2) is 19.5 Å². The fourth-order valence-corrected chi connectivity index (χ4v) is 2.27. The van der Waals surface area contributed by atoms with Crippen molar-refractivity contribution >= 4 is 10.9 Å². The van der Waals surface area contributed by atoms with Gasteiger partial charge in [0.15, 0.2) is 0 Å². The Labute approximate surface area is 126 Å². The van der Waals surface area contributed by atoms with E-state index < -0.39 is 0 Å². The molecule has 4 rings (SSSR count). The lowest BCUT2D eigenvalue weighted by Gasteiger charge is -2.08. The van der Waals surface area contributed by atoms with Crippen molar-refractivity contribution in [2.45, 2.75) is 0 Å². The molecule has 0 spiro atoms. The number of ether oxygens (including phenoxy) is 1. The predicted octanol–water partition coefficient (Wildman–Crippen LogP) is 3.61. The van der Waals surface area contributed by atoms with Gasteiger partial charge in [0, 0.05) is 18.1 Å². The maximum absolute atomic E-state index is 5.89. The summed E-state index contributed by atoms with van der Waals surface area (Å²) in [5, 5.41) is 0.892. The van der Waals surface area contributed by atoms with Crippen LogP contribution in [-0.2, 0) is 0 Å². The van der Waals surface area contributed by atoms with Gasteiger partial charge in [-0.25, -0.2) is 15.0 Å². The zero-order valence-electron chi connectivity index (χ0n) is 11.6. The van der Waals surface area contributed by atoms with Crippen LogP contribution in [0.1, 0.15) is 0 Å². The van der Waals surface area contributed by atoms with E-state index >= 15 is 0 Å². The summed E-state index contributed by atoms with van der Waals surface area (Å²) in [6.45, 7) is 0. The molecule has 0 unspecified atom stereocenters. The number of fused-ring (bicyclic) bond motifs is 1. The van der Waals surface area contributed by atoms with Gasteiger partial charge in [0.25, 0.3) is 0 Å². The summed E-state index contributed by atoms with van der Waals surface area (Å²) in [4.78, 5) is 12.5. The van der Waals surface area contributed by atoms with Crippen molar-refractivity contribution < 1.29 is 4.74 Å². The summed E-state index contributed by atoms with van der Waals surface area (Å²) in [6, 6.07) is 15.5. The first-order valence-corrected chi connectivity index (χ1v) is 6.86. The number of hydrogen-bond acceptors (Lipinski definition) is 4. The number of aromatic nitrogens is 4. The molecule has 0 N–H and O–H groups in total. The van der Waals surface area contributed by atoms with E-state index in [9.17, 15) is 0 Å². The number of benzene rings is 2. The van der Waals surface area contributed by atoms with Crippen LogP contribution in [0.3, 0.4) is 0 Å². The first-order valence-electron chi connectivity index (χ1n) is 6.86. The fraction of sp³-hybridized carbons (Fsp3) is 0. The van der Waals surface area contributed by atoms with E-state index in [1.54, 1.807) is 12.5 Å². The molecule has 0 saturated carbocycles. The van der Waals surface area contributed by atoms with Crippen molar-refractivity contribution in [3.8, 4) is 17.3 Å². The molecule has 0 aliphatic carbocycles. The molecule has 0 fully saturated rings. The minimum atomic E-state index is 0.556. The molecule has 0 amide bonds. The van der Waals surface area contributed by atoms with Gasteiger partial charge in [-0.05, 0) is 36.4 Å². The van der Waals surface area contributed by atoms with Gasteiger partial charge in [0.2, 0.25) is 5.88 Å². The second kappa shape index (κ2) is 5.29. The van der Waals surface area contributed by atoms with Crippen molar-refractivity contribution in [1.82, 2.24) is 19.5 Å². The molecule has 0 saturated heterocycles. The van der Waals surface area contributed by atoms with Crippen molar-refractivity contribution in [2.75, 3.05) is 0 Å². The average Bonchev–Trinajstić information content (AvgIpc) is 3.10. The highest BCUT2D eigenvalue weighted by Gasteiger charge is 2.05. The molecule has 5 heteroatoms. The zero-order chi connectivity index (χ0) is 14.8. The Morgan fingerprint density at radius 3 is 2.59 bits per heavy atom. The Balaban J connectivity index is 1.65. The number of para-hydroxylation sites is 1. The molecule has 0 radical (unpaired) electrons. The van der Waals surface area contributed by atoms with E-state index in [2.05, 4.69) is 15.0 Å². The van der Waals surface area contributed by atoms with Crippen molar-refractivity contribution in [3.05, 3.63) is 73.6 Å². The van der Waals surface area contributed by atoms with Crippen LogP contribution in [0.5, 0.6) is 11.6 Å². The van der Waals surface area contributed by atoms with E-state index in [4.69, 9.17) is 4.74 Å². The molecule has 0 aliphatic heterocycles. The molecule has 0 aliphatic rings. The summed E-state index contributed by atoms with van der Waals surface area (Å²) in [6.07, 6.45) is 6.91. The van der Waals surface area contributed by atoms with E-state index in [-0.39, 0.29) is 0 Å². The third kappa shape index (κ3) is 2.29. The monoisotopic (exact) mass is 288 g/mol. The Morgan fingerprint density at radius 1 is 0.909 bits per heavy atom. The average molecular weight is 288 g/mol. The van der Waals surface area contributed by atoms with Gasteiger partial charge in [-0.2, -0.15) is 0 Å². The minimum absolute atomic E-state index is 0.556. The summed E-state index contributed by atoms with van der Waals surface area (Å²) < 4.78 is 7.82. The molecule has 5 nitrogen and oxygen atoms in total. The Bertz CT molecular complexity index is 896. The van der Waals surface area contributed by atoms with Crippen LogP contribution in [0.4, 0.5) is 0 Å². The molecule has 106 valence electrons. The predicted molar refractivity (Wildman–Crippen MR) is 83.2 cm³/mol. The van der Waals surface area contributed by atoms with Gasteiger partial charge in [-0.3, -0.25) is 0 Å². The van der Waals surface area contributed by atoms with Gasteiger partial charge in [-0.15, -0.1) is 0 Å². The van der Waals surface area contributed by atoms with Crippen LogP contribution in [0.25, 0.3) is 16.6 Å².